The Bertz CT molecular complexity index is 215. The molecule has 2 atom stereocenters. The first-order valence-corrected chi connectivity index (χ1v) is 4.77. The van der Waals surface area contributed by atoms with Gasteiger partial charge in [-0.15, -0.1) is 0 Å². The van der Waals surface area contributed by atoms with Crippen molar-refractivity contribution in [1.29, 1.82) is 0 Å². The van der Waals surface area contributed by atoms with Crippen molar-refractivity contribution in [2.45, 2.75) is 44.8 Å². The number of amides is 1. The summed E-state index contributed by atoms with van der Waals surface area (Å²) in [6.45, 7) is 1.99. The van der Waals surface area contributed by atoms with Crippen molar-refractivity contribution < 1.29 is 18.0 Å². The predicted octanol–water partition coefficient (Wildman–Crippen LogP) is 2.24. The van der Waals surface area contributed by atoms with Crippen LogP contribution in [-0.4, -0.2) is 18.1 Å². The van der Waals surface area contributed by atoms with Crippen LogP contribution in [-0.2, 0) is 4.79 Å². The topological polar surface area (TPSA) is 29.1 Å². The quantitative estimate of drug-likeness (QED) is 0.705. The lowest BCUT2D eigenvalue weighted by atomic mass is 9.87. The molecule has 1 amide bonds. The summed E-state index contributed by atoms with van der Waals surface area (Å²) in [4.78, 5) is 10.6. The fourth-order valence-electron chi connectivity index (χ4n) is 1.83. The van der Waals surface area contributed by atoms with Crippen LogP contribution in [0.25, 0.3) is 0 Å². The van der Waals surface area contributed by atoms with Crippen LogP contribution < -0.4 is 5.32 Å². The number of alkyl halides is 3. The van der Waals surface area contributed by atoms with E-state index >= 15 is 0 Å². The van der Waals surface area contributed by atoms with Gasteiger partial charge in [0.15, 0.2) is 0 Å². The number of rotatable bonds is 1. The molecular weight excluding hydrogens is 195 g/mol. The van der Waals surface area contributed by atoms with Gasteiger partial charge < -0.3 is 5.32 Å². The van der Waals surface area contributed by atoms with E-state index in [9.17, 15) is 18.0 Å². The largest absolute Gasteiger partial charge is 0.471 e. The maximum absolute atomic E-state index is 11.9. The van der Waals surface area contributed by atoms with Gasteiger partial charge in [-0.2, -0.15) is 13.2 Å². The maximum atomic E-state index is 11.9. The zero-order chi connectivity index (χ0) is 10.8. The Kier molecular flexibility index (Phi) is 3.39. The molecule has 0 aliphatic heterocycles. The monoisotopic (exact) mass is 209 g/mol. The fourth-order valence-corrected chi connectivity index (χ4v) is 1.83. The van der Waals surface area contributed by atoms with Gasteiger partial charge in [-0.1, -0.05) is 19.8 Å². The SMILES string of the molecule is CC1CCCC(NC(=O)C(F)(F)F)C1. The average Bonchev–Trinajstić information content (AvgIpc) is 2.02. The van der Waals surface area contributed by atoms with E-state index in [1.54, 1.807) is 0 Å². The number of hydrogen-bond donors (Lipinski definition) is 1. The summed E-state index contributed by atoms with van der Waals surface area (Å²) in [7, 11) is 0. The molecule has 0 aromatic carbocycles. The summed E-state index contributed by atoms with van der Waals surface area (Å²) < 4.78 is 35.7. The third-order valence-corrected chi connectivity index (χ3v) is 2.53. The Hall–Kier alpha value is -0.740. The smallest absolute Gasteiger partial charge is 0.346 e. The van der Waals surface area contributed by atoms with Crippen LogP contribution in [0.5, 0.6) is 0 Å². The second-order valence-corrected chi connectivity index (χ2v) is 3.94. The van der Waals surface area contributed by atoms with E-state index in [-0.39, 0.29) is 6.04 Å². The summed E-state index contributed by atoms with van der Waals surface area (Å²) in [6.07, 6.45) is -1.50. The van der Waals surface area contributed by atoms with Gasteiger partial charge >= 0.3 is 12.1 Å². The first-order chi connectivity index (χ1) is 6.39. The van der Waals surface area contributed by atoms with Crippen molar-refractivity contribution in [2.24, 2.45) is 5.92 Å². The Balaban J connectivity index is 2.40. The number of halogens is 3. The predicted molar refractivity (Wildman–Crippen MR) is 45.6 cm³/mol. The van der Waals surface area contributed by atoms with Crippen LogP contribution in [0.3, 0.4) is 0 Å². The summed E-state index contributed by atoms with van der Waals surface area (Å²) >= 11 is 0. The minimum absolute atomic E-state index is 0.298. The maximum Gasteiger partial charge on any atom is 0.471 e. The van der Waals surface area contributed by atoms with E-state index in [0.717, 1.165) is 12.8 Å². The summed E-state index contributed by atoms with van der Waals surface area (Å²) in [5.41, 5.74) is 0. The van der Waals surface area contributed by atoms with Gasteiger partial charge in [-0.05, 0) is 18.8 Å². The Labute approximate surface area is 80.9 Å². The van der Waals surface area contributed by atoms with Crippen LogP contribution in [0.4, 0.5) is 13.2 Å². The molecule has 0 spiro atoms. The highest BCUT2D eigenvalue weighted by Gasteiger charge is 2.40. The standard InChI is InChI=1S/C9H14F3NO/c1-6-3-2-4-7(5-6)13-8(14)9(10,11)12/h6-7H,2-5H2,1H3,(H,13,14). The first-order valence-electron chi connectivity index (χ1n) is 4.77. The van der Waals surface area contributed by atoms with E-state index in [1.807, 2.05) is 12.2 Å². The molecule has 0 heterocycles. The van der Waals surface area contributed by atoms with Crippen LogP contribution in [0, 0.1) is 5.92 Å². The number of hydrogen-bond acceptors (Lipinski definition) is 1. The second-order valence-electron chi connectivity index (χ2n) is 3.94. The van der Waals surface area contributed by atoms with Gasteiger partial charge in [-0.3, -0.25) is 4.79 Å². The summed E-state index contributed by atoms with van der Waals surface area (Å²) in [5.74, 6) is -1.40. The van der Waals surface area contributed by atoms with Gasteiger partial charge in [0.1, 0.15) is 0 Å². The minimum atomic E-state index is -4.75. The van der Waals surface area contributed by atoms with Crippen molar-refractivity contribution in [1.82, 2.24) is 5.32 Å². The van der Waals surface area contributed by atoms with Gasteiger partial charge in [0.25, 0.3) is 0 Å². The lowest BCUT2D eigenvalue weighted by Crippen LogP contribution is -2.44. The van der Waals surface area contributed by atoms with Gasteiger partial charge in [0.2, 0.25) is 0 Å². The second kappa shape index (κ2) is 4.19. The van der Waals surface area contributed by atoms with E-state index in [1.165, 1.54) is 0 Å². The molecule has 5 heteroatoms. The van der Waals surface area contributed by atoms with Crippen LogP contribution in [0.2, 0.25) is 0 Å². The molecular formula is C9H14F3NO. The summed E-state index contributed by atoms with van der Waals surface area (Å²) in [5, 5.41) is 2.03. The molecule has 1 aliphatic rings. The van der Waals surface area contributed by atoms with Crippen molar-refractivity contribution in [3.63, 3.8) is 0 Å². The van der Waals surface area contributed by atoms with Gasteiger partial charge in [0.05, 0.1) is 0 Å². The molecule has 0 radical (unpaired) electrons. The fraction of sp³-hybridized carbons (Fsp3) is 0.889. The van der Waals surface area contributed by atoms with E-state index < -0.39 is 12.1 Å². The Morgan fingerprint density at radius 2 is 2.00 bits per heavy atom. The lowest BCUT2D eigenvalue weighted by Gasteiger charge is -2.27. The van der Waals surface area contributed by atoms with E-state index in [2.05, 4.69) is 0 Å². The van der Waals surface area contributed by atoms with Crippen molar-refractivity contribution in [3.05, 3.63) is 0 Å². The highest BCUT2D eigenvalue weighted by atomic mass is 19.4. The molecule has 1 aliphatic carbocycles. The number of nitrogens with one attached hydrogen (secondary N) is 1. The van der Waals surface area contributed by atoms with Crippen LogP contribution >= 0.6 is 0 Å². The molecule has 0 aromatic rings. The molecule has 1 N–H and O–H groups in total. The molecule has 0 saturated heterocycles. The highest BCUT2D eigenvalue weighted by molar-refractivity contribution is 5.81. The third kappa shape index (κ3) is 3.20. The third-order valence-electron chi connectivity index (χ3n) is 2.53. The lowest BCUT2D eigenvalue weighted by molar-refractivity contribution is -0.174. The van der Waals surface area contributed by atoms with Crippen molar-refractivity contribution in [3.8, 4) is 0 Å². The normalized spacial score (nSPS) is 28.6. The zero-order valence-electron chi connectivity index (χ0n) is 8.03. The van der Waals surface area contributed by atoms with Crippen LogP contribution in [0.15, 0.2) is 0 Å². The highest BCUT2D eigenvalue weighted by Crippen LogP contribution is 2.24. The molecule has 14 heavy (non-hydrogen) atoms. The van der Waals surface area contributed by atoms with Gasteiger partial charge in [-0.25, -0.2) is 0 Å². The Morgan fingerprint density at radius 1 is 1.36 bits per heavy atom. The molecule has 2 nitrogen and oxygen atoms in total. The average molecular weight is 209 g/mol. The molecule has 0 aromatic heterocycles. The number of carbonyl (C=O) groups excluding carboxylic acids is 1. The zero-order valence-corrected chi connectivity index (χ0v) is 8.03. The van der Waals surface area contributed by atoms with Gasteiger partial charge in [0, 0.05) is 6.04 Å². The molecule has 0 bridgehead atoms. The van der Waals surface area contributed by atoms with Crippen LogP contribution in [0.1, 0.15) is 32.6 Å². The minimum Gasteiger partial charge on any atom is -0.346 e. The van der Waals surface area contributed by atoms with E-state index in [0.29, 0.717) is 18.8 Å². The molecule has 1 saturated carbocycles. The van der Waals surface area contributed by atoms with E-state index in [4.69, 9.17) is 0 Å². The van der Waals surface area contributed by atoms with Crippen molar-refractivity contribution >= 4 is 5.91 Å². The van der Waals surface area contributed by atoms with Crippen molar-refractivity contribution in [2.75, 3.05) is 0 Å². The number of carbonyl (C=O) groups is 1. The molecule has 1 rings (SSSR count). The molecule has 1 fully saturated rings. The Morgan fingerprint density at radius 3 is 2.50 bits per heavy atom. The molecule has 82 valence electrons. The first kappa shape index (κ1) is 11.3. The molecule has 2 unspecified atom stereocenters. The summed E-state index contributed by atoms with van der Waals surface area (Å²) in [6, 6.07) is -0.298.